The van der Waals surface area contributed by atoms with E-state index in [-0.39, 0.29) is 0 Å². The van der Waals surface area contributed by atoms with Crippen LogP contribution in [0.5, 0.6) is 5.75 Å². The summed E-state index contributed by atoms with van der Waals surface area (Å²) in [4.78, 5) is 11.2. The number of hydrogen-bond donors (Lipinski definition) is 2. The highest BCUT2D eigenvalue weighted by atomic mass is 16.5. The Morgan fingerprint density at radius 3 is 2.41 bits per heavy atom. The molecule has 0 saturated carbocycles. The smallest absolute Gasteiger partial charge is 0.347 e. The zero-order chi connectivity index (χ0) is 16.2. The van der Waals surface area contributed by atoms with Crippen molar-refractivity contribution in [1.29, 1.82) is 0 Å². The van der Waals surface area contributed by atoms with Crippen molar-refractivity contribution < 1.29 is 14.6 Å². The van der Waals surface area contributed by atoms with Crippen LogP contribution in [-0.2, 0) is 11.3 Å². The van der Waals surface area contributed by atoms with Gasteiger partial charge in [-0.2, -0.15) is 0 Å². The molecule has 0 atom stereocenters. The first kappa shape index (κ1) is 15.9. The third-order valence-electron chi connectivity index (χ3n) is 3.37. The number of rotatable bonds is 6. The molecule has 2 aromatic rings. The van der Waals surface area contributed by atoms with Gasteiger partial charge in [0.2, 0.25) is 0 Å². The van der Waals surface area contributed by atoms with Crippen molar-refractivity contribution in [2.75, 3.05) is 5.32 Å². The van der Waals surface area contributed by atoms with E-state index < -0.39 is 11.6 Å². The van der Waals surface area contributed by atoms with Gasteiger partial charge in [-0.3, -0.25) is 0 Å². The molecule has 116 valence electrons. The molecule has 4 nitrogen and oxygen atoms in total. The first-order valence-corrected chi connectivity index (χ1v) is 7.19. The highest BCUT2D eigenvalue weighted by molar-refractivity contribution is 5.77. The van der Waals surface area contributed by atoms with Gasteiger partial charge in [0.1, 0.15) is 5.75 Å². The lowest BCUT2D eigenvalue weighted by Gasteiger charge is -2.23. The van der Waals surface area contributed by atoms with Crippen LogP contribution in [0.1, 0.15) is 25.0 Å². The normalized spacial score (nSPS) is 11.0. The summed E-state index contributed by atoms with van der Waals surface area (Å²) in [6, 6.07) is 15.6. The lowest BCUT2D eigenvalue weighted by molar-refractivity contribution is -0.152. The molecule has 4 heteroatoms. The summed E-state index contributed by atoms with van der Waals surface area (Å²) in [6.45, 7) is 5.76. The summed E-state index contributed by atoms with van der Waals surface area (Å²) >= 11 is 0. The molecule has 0 aliphatic heterocycles. The van der Waals surface area contributed by atoms with Gasteiger partial charge in [0, 0.05) is 6.54 Å². The van der Waals surface area contributed by atoms with Crippen LogP contribution in [0.25, 0.3) is 0 Å². The molecule has 0 aromatic heterocycles. The van der Waals surface area contributed by atoms with Crippen molar-refractivity contribution in [2.24, 2.45) is 0 Å². The summed E-state index contributed by atoms with van der Waals surface area (Å²) in [5.74, 6) is -0.470. The number of carboxylic acid groups (broad SMARTS) is 1. The van der Waals surface area contributed by atoms with Crippen molar-refractivity contribution in [3.63, 3.8) is 0 Å². The van der Waals surface area contributed by atoms with Crippen LogP contribution in [0.3, 0.4) is 0 Å². The van der Waals surface area contributed by atoms with Crippen LogP contribution in [0.15, 0.2) is 48.5 Å². The Bertz CT molecular complexity index is 648. The van der Waals surface area contributed by atoms with E-state index in [1.54, 1.807) is 6.07 Å². The molecule has 22 heavy (non-hydrogen) atoms. The molecule has 0 bridgehead atoms. The molecular formula is C18H21NO3. The minimum atomic E-state index is -1.28. The average Bonchev–Trinajstić information content (AvgIpc) is 2.47. The highest BCUT2D eigenvalue weighted by Crippen LogP contribution is 2.28. The van der Waals surface area contributed by atoms with Gasteiger partial charge in [0.15, 0.2) is 5.60 Å². The maximum absolute atomic E-state index is 11.2. The van der Waals surface area contributed by atoms with Gasteiger partial charge in [-0.15, -0.1) is 0 Å². The summed E-state index contributed by atoms with van der Waals surface area (Å²) < 4.78 is 5.64. The molecule has 0 radical (unpaired) electrons. The molecule has 2 aromatic carbocycles. The van der Waals surface area contributed by atoms with Crippen LogP contribution in [0.2, 0.25) is 0 Å². The van der Waals surface area contributed by atoms with Gasteiger partial charge in [-0.05, 0) is 38.5 Å². The number of aliphatic carboxylic acids is 1. The predicted octanol–water partition coefficient (Wildman–Crippen LogP) is 3.85. The van der Waals surface area contributed by atoms with Gasteiger partial charge in [-0.1, -0.05) is 42.0 Å². The zero-order valence-electron chi connectivity index (χ0n) is 13.1. The zero-order valence-corrected chi connectivity index (χ0v) is 13.1. The van der Waals surface area contributed by atoms with Gasteiger partial charge in [0.25, 0.3) is 0 Å². The number of para-hydroxylation sites is 2. The molecule has 2 N–H and O–H groups in total. The summed E-state index contributed by atoms with van der Waals surface area (Å²) in [7, 11) is 0. The van der Waals surface area contributed by atoms with Gasteiger partial charge in [0.05, 0.1) is 5.69 Å². The number of hydrogen-bond acceptors (Lipinski definition) is 3. The maximum atomic E-state index is 11.2. The third-order valence-corrected chi connectivity index (χ3v) is 3.37. The second kappa shape index (κ2) is 6.52. The molecule has 0 heterocycles. The number of nitrogens with one attached hydrogen (secondary N) is 1. The lowest BCUT2D eigenvalue weighted by atomic mass is 10.1. The summed E-state index contributed by atoms with van der Waals surface area (Å²) in [5, 5.41) is 12.5. The SMILES string of the molecule is Cc1ccc(CNc2ccccc2OC(C)(C)C(=O)O)cc1. The van der Waals surface area contributed by atoms with Crippen LogP contribution in [0, 0.1) is 6.92 Å². The van der Waals surface area contributed by atoms with Gasteiger partial charge >= 0.3 is 5.97 Å². The van der Waals surface area contributed by atoms with E-state index in [2.05, 4.69) is 29.6 Å². The molecule has 0 aliphatic rings. The van der Waals surface area contributed by atoms with Crippen LogP contribution >= 0.6 is 0 Å². The Labute approximate surface area is 130 Å². The number of aryl methyl sites for hydroxylation is 1. The molecular weight excluding hydrogens is 278 g/mol. The number of ether oxygens (including phenoxy) is 1. The van der Waals surface area contributed by atoms with Gasteiger partial charge < -0.3 is 15.2 Å². The number of carbonyl (C=O) groups is 1. The van der Waals surface area contributed by atoms with Crippen LogP contribution < -0.4 is 10.1 Å². The fraction of sp³-hybridized carbons (Fsp3) is 0.278. The van der Waals surface area contributed by atoms with E-state index in [1.807, 2.05) is 25.1 Å². The average molecular weight is 299 g/mol. The third kappa shape index (κ3) is 4.01. The summed E-state index contributed by atoms with van der Waals surface area (Å²) in [5.41, 5.74) is 1.87. The van der Waals surface area contributed by atoms with Crippen molar-refractivity contribution in [2.45, 2.75) is 32.9 Å². The number of carboxylic acids is 1. The van der Waals surface area contributed by atoms with Crippen molar-refractivity contribution in [3.8, 4) is 5.75 Å². The van der Waals surface area contributed by atoms with E-state index >= 15 is 0 Å². The number of benzene rings is 2. The van der Waals surface area contributed by atoms with E-state index in [9.17, 15) is 9.90 Å². The minimum Gasteiger partial charge on any atom is -0.478 e. The quantitative estimate of drug-likeness (QED) is 0.850. The molecule has 0 amide bonds. The maximum Gasteiger partial charge on any atom is 0.347 e. The molecule has 0 saturated heterocycles. The Hall–Kier alpha value is -2.49. The Morgan fingerprint density at radius 2 is 1.77 bits per heavy atom. The van der Waals surface area contributed by atoms with E-state index in [0.29, 0.717) is 12.3 Å². The Morgan fingerprint density at radius 1 is 1.14 bits per heavy atom. The molecule has 0 aliphatic carbocycles. The topological polar surface area (TPSA) is 58.6 Å². The predicted molar refractivity (Wildman–Crippen MR) is 87.3 cm³/mol. The largest absolute Gasteiger partial charge is 0.478 e. The van der Waals surface area contributed by atoms with Crippen molar-refractivity contribution in [1.82, 2.24) is 0 Å². The first-order valence-electron chi connectivity index (χ1n) is 7.19. The lowest BCUT2D eigenvalue weighted by Crippen LogP contribution is -2.38. The second-order valence-electron chi connectivity index (χ2n) is 5.75. The Kier molecular flexibility index (Phi) is 4.71. The molecule has 2 rings (SSSR count). The molecule has 0 unspecified atom stereocenters. The van der Waals surface area contributed by atoms with E-state index in [1.165, 1.54) is 19.4 Å². The second-order valence-corrected chi connectivity index (χ2v) is 5.75. The fourth-order valence-corrected chi connectivity index (χ4v) is 1.92. The highest BCUT2D eigenvalue weighted by Gasteiger charge is 2.30. The van der Waals surface area contributed by atoms with E-state index in [0.717, 1.165) is 11.3 Å². The fourth-order valence-electron chi connectivity index (χ4n) is 1.92. The summed E-state index contributed by atoms with van der Waals surface area (Å²) in [6.07, 6.45) is 0. The molecule has 0 fully saturated rings. The number of anilines is 1. The van der Waals surface area contributed by atoms with Crippen molar-refractivity contribution >= 4 is 11.7 Å². The standard InChI is InChI=1S/C18H21NO3/c1-13-8-10-14(11-9-13)12-19-15-6-4-5-7-16(15)22-18(2,3)17(20)21/h4-11,19H,12H2,1-3H3,(H,20,21). The van der Waals surface area contributed by atoms with Crippen LogP contribution in [0.4, 0.5) is 5.69 Å². The molecule has 0 spiro atoms. The van der Waals surface area contributed by atoms with Gasteiger partial charge in [-0.25, -0.2) is 4.79 Å². The van der Waals surface area contributed by atoms with Crippen molar-refractivity contribution in [3.05, 3.63) is 59.7 Å². The monoisotopic (exact) mass is 299 g/mol. The Balaban J connectivity index is 2.11. The van der Waals surface area contributed by atoms with E-state index in [4.69, 9.17) is 4.74 Å². The van der Waals surface area contributed by atoms with Crippen LogP contribution in [-0.4, -0.2) is 16.7 Å². The minimum absolute atomic E-state index is 0.530. The first-order chi connectivity index (χ1) is 10.4.